The number of aromatic hydroxyl groups is 1. The number of hydrogen-bond donors (Lipinski definition) is 1. The molecule has 0 spiro atoms. The van der Waals surface area contributed by atoms with Crippen LogP contribution in [0.1, 0.15) is 36.8 Å². The molecule has 0 radical (unpaired) electrons. The lowest BCUT2D eigenvalue weighted by Crippen LogP contribution is -2.51. The second-order valence-corrected chi connectivity index (χ2v) is 7.65. The number of ether oxygens (including phenoxy) is 1. The molecule has 2 atom stereocenters. The molecule has 3 heteroatoms. The number of benzene rings is 2. The third-order valence-corrected chi connectivity index (χ3v) is 5.98. The van der Waals surface area contributed by atoms with E-state index in [1.807, 2.05) is 12.1 Å². The Morgan fingerprint density at radius 3 is 2.84 bits per heavy atom. The predicted molar refractivity (Wildman–Crippen MR) is 100 cm³/mol. The Bertz CT molecular complexity index is 730. The number of likely N-dealkylation sites (N-methyl/N-ethyl adjacent to an activating group) is 1. The number of aryl methyl sites for hydroxylation is 1. The van der Waals surface area contributed by atoms with Gasteiger partial charge in [-0.1, -0.05) is 36.8 Å². The molecule has 3 nitrogen and oxygen atoms in total. The van der Waals surface area contributed by atoms with Gasteiger partial charge in [-0.3, -0.25) is 0 Å². The average Bonchev–Trinajstić information content (AvgIpc) is 2.93. The smallest absolute Gasteiger partial charge is 0.124 e. The van der Waals surface area contributed by atoms with Crippen molar-refractivity contribution in [2.45, 2.75) is 43.6 Å². The molecule has 2 aliphatic heterocycles. The average molecular weight is 337 g/mol. The van der Waals surface area contributed by atoms with E-state index in [0.29, 0.717) is 5.75 Å². The van der Waals surface area contributed by atoms with Crippen molar-refractivity contribution in [2.75, 3.05) is 20.1 Å². The maximum Gasteiger partial charge on any atom is 0.124 e. The van der Waals surface area contributed by atoms with Crippen LogP contribution in [0, 0.1) is 0 Å². The Balaban J connectivity index is 1.49. The summed E-state index contributed by atoms with van der Waals surface area (Å²) < 4.78 is 6.30. The van der Waals surface area contributed by atoms with Gasteiger partial charge < -0.3 is 14.7 Å². The Kier molecular flexibility index (Phi) is 4.43. The number of fused-ring (bicyclic) bond motifs is 3. The van der Waals surface area contributed by atoms with Crippen LogP contribution in [0.5, 0.6) is 11.5 Å². The zero-order valence-electron chi connectivity index (χ0n) is 14.9. The van der Waals surface area contributed by atoms with Crippen LogP contribution in [0.4, 0.5) is 0 Å². The number of likely N-dealkylation sites (tertiary alicyclic amines) is 1. The molecule has 25 heavy (non-hydrogen) atoms. The van der Waals surface area contributed by atoms with Crippen LogP contribution in [0.25, 0.3) is 0 Å². The largest absolute Gasteiger partial charge is 0.508 e. The first-order valence-electron chi connectivity index (χ1n) is 9.40. The summed E-state index contributed by atoms with van der Waals surface area (Å²) in [5, 5.41) is 10.0. The summed E-state index contributed by atoms with van der Waals surface area (Å²) in [5.41, 5.74) is 2.71. The Hall–Kier alpha value is -2.00. The molecule has 0 bridgehead atoms. The minimum Gasteiger partial charge on any atom is -0.508 e. The topological polar surface area (TPSA) is 32.7 Å². The highest BCUT2D eigenvalue weighted by Crippen LogP contribution is 2.51. The second-order valence-electron chi connectivity index (χ2n) is 7.65. The minimum absolute atomic E-state index is 0.0667. The molecule has 2 aromatic rings. The van der Waals surface area contributed by atoms with Crippen LogP contribution in [-0.2, 0) is 11.8 Å². The van der Waals surface area contributed by atoms with E-state index in [4.69, 9.17) is 4.74 Å². The van der Waals surface area contributed by atoms with E-state index in [0.717, 1.165) is 38.1 Å². The quantitative estimate of drug-likeness (QED) is 0.832. The van der Waals surface area contributed by atoms with Gasteiger partial charge in [0.1, 0.15) is 17.6 Å². The standard InChI is InChI=1S/C22H27NO2/c1-23-14-13-22(12-6-5-9-17-7-3-2-4-8-17)19-15-18(24)10-11-20(19)25-21(22)16-23/h2-4,7-8,10-11,15,21,24H,5-6,9,12-14,16H2,1H3/t21-,22-/m0/s1. The molecular formula is C22H27NO2. The number of nitrogens with zero attached hydrogens (tertiary/aromatic N) is 1. The lowest BCUT2D eigenvalue weighted by atomic mass is 9.69. The van der Waals surface area contributed by atoms with Gasteiger partial charge in [0, 0.05) is 17.5 Å². The lowest BCUT2D eigenvalue weighted by molar-refractivity contribution is 0.0488. The second kappa shape index (κ2) is 6.72. The van der Waals surface area contributed by atoms with Gasteiger partial charge in [-0.2, -0.15) is 0 Å². The summed E-state index contributed by atoms with van der Waals surface area (Å²) in [7, 11) is 2.17. The van der Waals surface area contributed by atoms with Crippen LogP contribution in [0.15, 0.2) is 48.5 Å². The highest BCUT2D eigenvalue weighted by Gasteiger charge is 2.50. The highest BCUT2D eigenvalue weighted by atomic mass is 16.5. The van der Waals surface area contributed by atoms with Crippen molar-refractivity contribution >= 4 is 0 Å². The Morgan fingerprint density at radius 2 is 2.00 bits per heavy atom. The van der Waals surface area contributed by atoms with Gasteiger partial charge in [0.15, 0.2) is 0 Å². The van der Waals surface area contributed by atoms with Crippen molar-refractivity contribution < 1.29 is 9.84 Å². The number of piperidine rings is 1. The molecule has 0 saturated carbocycles. The maximum absolute atomic E-state index is 10.0. The monoisotopic (exact) mass is 337 g/mol. The molecule has 2 aromatic carbocycles. The van der Waals surface area contributed by atoms with Gasteiger partial charge >= 0.3 is 0 Å². The van der Waals surface area contributed by atoms with E-state index in [1.165, 1.54) is 24.0 Å². The molecule has 0 aliphatic carbocycles. The third kappa shape index (κ3) is 3.13. The molecule has 0 aromatic heterocycles. The summed E-state index contributed by atoms with van der Waals surface area (Å²) in [6, 6.07) is 16.3. The van der Waals surface area contributed by atoms with E-state index < -0.39 is 0 Å². The molecule has 1 N–H and O–H groups in total. The fourth-order valence-corrected chi connectivity index (χ4v) is 4.56. The first kappa shape index (κ1) is 16.5. The number of hydrogen-bond acceptors (Lipinski definition) is 3. The van der Waals surface area contributed by atoms with Crippen LogP contribution in [-0.4, -0.2) is 36.2 Å². The molecule has 0 amide bonds. The van der Waals surface area contributed by atoms with E-state index in [9.17, 15) is 5.11 Å². The molecule has 1 saturated heterocycles. The van der Waals surface area contributed by atoms with E-state index in [-0.39, 0.29) is 11.5 Å². The zero-order valence-corrected chi connectivity index (χ0v) is 14.9. The fraction of sp³-hybridized carbons (Fsp3) is 0.455. The van der Waals surface area contributed by atoms with Crippen LogP contribution in [0.3, 0.4) is 0 Å². The van der Waals surface area contributed by atoms with E-state index in [1.54, 1.807) is 6.07 Å². The van der Waals surface area contributed by atoms with Crippen molar-refractivity contribution in [2.24, 2.45) is 0 Å². The first-order chi connectivity index (χ1) is 12.2. The van der Waals surface area contributed by atoms with Crippen molar-refractivity contribution in [3.05, 3.63) is 59.7 Å². The number of unbranched alkanes of at least 4 members (excludes halogenated alkanes) is 1. The Morgan fingerprint density at radius 1 is 1.16 bits per heavy atom. The van der Waals surface area contributed by atoms with Gasteiger partial charge in [-0.05, 0) is 63.0 Å². The van der Waals surface area contributed by atoms with Crippen LogP contribution >= 0.6 is 0 Å². The molecule has 4 rings (SSSR count). The van der Waals surface area contributed by atoms with Crippen molar-refractivity contribution in [3.8, 4) is 11.5 Å². The summed E-state index contributed by atoms with van der Waals surface area (Å²) in [5.74, 6) is 1.33. The molecular weight excluding hydrogens is 310 g/mol. The summed E-state index contributed by atoms with van der Waals surface area (Å²) >= 11 is 0. The summed E-state index contributed by atoms with van der Waals surface area (Å²) in [4.78, 5) is 2.36. The van der Waals surface area contributed by atoms with Gasteiger partial charge in [-0.25, -0.2) is 0 Å². The predicted octanol–water partition coefficient (Wildman–Crippen LogP) is 4.14. The first-order valence-corrected chi connectivity index (χ1v) is 9.40. The van der Waals surface area contributed by atoms with Gasteiger partial charge in [0.05, 0.1) is 0 Å². The molecule has 2 aliphatic rings. The van der Waals surface area contributed by atoms with Crippen LogP contribution in [0.2, 0.25) is 0 Å². The lowest BCUT2D eigenvalue weighted by Gasteiger charge is -2.42. The van der Waals surface area contributed by atoms with Crippen LogP contribution < -0.4 is 4.74 Å². The van der Waals surface area contributed by atoms with Crippen molar-refractivity contribution in [1.29, 1.82) is 0 Å². The zero-order chi connectivity index (χ0) is 17.3. The minimum atomic E-state index is 0.0667. The SMILES string of the molecule is CN1CC[C@@]2(CCCCc3ccccc3)c3cc(O)ccc3O[C@H]2C1. The fourth-order valence-electron chi connectivity index (χ4n) is 4.56. The van der Waals surface area contributed by atoms with Gasteiger partial charge in [0.25, 0.3) is 0 Å². The molecule has 132 valence electrons. The highest BCUT2D eigenvalue weighted by molar-refractivity contribution is 5.49. The molecule has 2 heterocycles. The summed E-state index contributed by atoms with van der Waals surface area (Å²) in [6.45, 7) is 2.06. The number of phenolic OH excluding ortho intramolecular Hbond substituents is 1. The van der Waals surface area contributed by atoms with E-state index >= 15 is 0 Å². The number of rotatable bonds is 5. The Labute approximate surface area is 150 Å². The van der Waals surface area contributed by atoms with Gasteiger partial charge in [0.2, 0.25) is 0 Å². The summed E-state index contributed by atoms with van der Waals surface area (Å²) in [6.07, 6.45) is 5.97. The maximum atomic E-state index is 10.0. The van der Waals surface area contributed by atoms with Crippen molar-refractivity contribution in [3.63, 3.8) is 0 Å². The molecule has 0 unspecified atom stereocenters. The van der Waals surface area contributed by atoms with Gasteiger partial charge in [-0.15, -0.1) is 0 Å². The van der Waals surface area contributed by atoms with Crippen molar-refractivity contribution in [1.82, 2.24) is 4.90 Å². The molecule has 1 fully saturated rings. The van der Waals surface area contributed by atoms with E-state index in [2.05, 4.69) is 42.3 Å². The normalized spacial score (nSPS) is 25.2. The third-order valence-electron chi connectivity index (χ3n) is 5.98. The number of phenols is 1.